The van der Waals surface area contributed by atoms with Gasteiger partial charge in [-0.15, -0.1) is 10.2 Å². The molecule has 3 nitrogen and oxygen atoms in total. The van der Waals surface area contributed by atoms with Crippen LogP contribution in [-0.4, -0.2) is 10.2 Å². The van der Waals surface area contributed by atoms with Gasteiger partial charge in [0.15, 0.2) is 0 Å². The molecule has 0 amide bonds. The highest BCUT2D eigenvalue weighted by atomic mass is 79.9. The fourth-order valence-electron chi connectivity index (χ4n) is 1.96. The minimum atomic E-state index is 0.498. The summed E-state index contributed by atoms with van der Waals surface area (Å²) in [4.78, 5) is 0. The van der Waals surface area contributed by atoms with Crippen LogP contribution in [0.1, 0.15) is 11.1 Å². The summed E-state index contributed by atoms with van der Waals surface area (Å²) in [7, 11) is 0. The van der Waals surface area contributed by atoms with Crippen molar-refractivity contribution in [1.29, 1.82) is 0 Å². The van der Waals surface area contributed by atoms with E-state index in [-0.39, 0.29) is 0 Å². The van der Waals surface area contributed by atoms with Crippen molar-refractivity contribution in [1.82, 2.24) is 10.2 Å². The van der Waals surface area contributed by atoms with E-state index in [0.29, 0.717) is 11.8 Å². The topological polar surface area (TPSA) is 38.9 Å². The Morgan fingerprint density at radius 3 is 2.24 bits per heavy atom. The van der Waals surface area contributed by atoms with Crippen LogP contribution in [0.4, 0.5) is 0 Å². The average molecular weight is 408 g/mol. The molecule has 21 heavy (non-hydrogen) atoms. The van der Waals surface area contributed by atoms with Crippen LogP contribution >= 0.6 is 31.9 Å². The first kappa shape index (κ1) is 14.5. The monoisotopic (exact) mass is 406 g/mol. The van der Waals surface area contributed by atoms with Crippen molar-refractivity contribution in [2.75, 3.05) is 0 Å². The maximum absolute atomic E-state index is 5.80. The highest BCUT2D eigenvalue weighted by Crippen LogP contribution is 2.33. The first-order valence-corrected chi connectivity index (χ1v) is 8.00. The molecule has 0 N–H and O–H groups in total. The molecule has 1 aromatic heterocycles. The lowest BCUT2D eigenvalue weighted by Crippen LogP contribution is -1.84. The number of rotatable bonds is 2. The zero-order valence-electron chi connectivity index (χ0n) is 11.5. The SMILES string of the molecule is Cc1ccc(-c2nnc(-c3cc(Br)c(C)cc3Br)o2)cc1. The lowest BCUT2D eigenvalue weighted by atomic mass is 10.1. The van der Waals surface area contributed by atoms with Gasteiger partial charge in [-0.2, -0.15) is 0 Å². The summed E-state index contributed by atoms with van der Waals surface area (Å²) in [5, 5.41) is 8.28. The summed E-state index contributed by atoms with van der Waals surface area (Å²) in [5.41, 5.74) is 4.13. The van der Waals surface area contributed by atoms with Crippen molar-refractivity contribution >= 4 is 31.9 Å². The Morgan fingerprint density at radius 1 is 0.857 bits per heavy atom. The first-order valence-electron chi connectivity index (χ1n) is 6.41. The minimum Gasteiger partial charge on any atom is -0.416 e. The fourth-order valence-corrected chi connectivity index (χ4v) is 2.93. The third-order valence-corrected chi connectivity index (χ3v) is 4.71. The zero-order chi connectivity index (χ0) is 15.0. The van der Waals surface area contributed by atoms with E-state index in [1.807, 2.05) is 50.2 Å². The lowest BCUT2D eigenvalue weighted by Gasteiger charge is -2.03. The number of halogens is 2. The standard InChI is InChI=1S/C16H12Br2N2O/c1-9-3-5-11(6-4-9)15-19-20-16(21-15)12-8-13(17)10(2)7-14(12)18/h3-8H,1-2H3. The van der Waals surface area contributed by atoms with E-state index in [1.165, 1.54) is 5.56 Å². The molecule has 0 bridgehead atoms. The smallest absolute Gasteiger partial charge is 0.249 e. The van der Waals surface area contributed by atoms with Crippen LogP contribution in [0.15, 0.2) is 49.8 Å². The fraction of sp³-hybridized carbons (Fsp3) is 0.125. The van der Waals surface area contributed by atoms with E-state index < -0.39 is 0 Å². The Morgan fingerprint density at radius 2 is 1.52 bits per heavy atom. The van der Waals surface area contributed by atoms with Crippen molar-refractivity contribution in [2.45, 2.75) is 13.8 Å². The predicted octanol–water partition coefficient (Wildman–Crippen LogP) is 5.55. The second-order valence-electron chi connectivity index (χ2n) is 4.86. The molecule has 0 fully saturated rings. The molecule has 3 rings (SSSR count). The van der Waals surface area contributed by atoms with Crippen molar-refractivity contribution in [2.24, 2.45) is 0 Å². The van der Waals surface area contributed by atoms with Crippen LogP contribution in [-0.2, 0) is 0 Å². The average Bonchev–Trinajstić information content (AvgIpc) is 2.93. The molecule has 0 aliphatic carbocycles. The summed E-state index contributed by atoms with van der Waals surface area (Å²) in [6, 6.07) is 12.0. The molecule has 0 radical (unpaired) electrons. The van der Waals surface area contributed by atoms with Crippen LogP contribution in [0.5, 0.6) is 0 Å². The van der Waals surface area contributed by atoms with Crippen LogP contribution in [0.2, 0.25) is 0 Å². The van der Waals surface area contributed by atoms with Gasteiger partial charge in [-0.05, 0) is 59.6 Å². The second kappa shape index (κ2) is 5.73. The molecular formula is C16H12Br2N2O. The number of hydrogen-bond donors (Lipinski definition) is 0. The summed E-state index contributed by atoms with van der Waals surface area (Å²) < 4.78 is 7.74. The molecule has 0 aliphatic rings. The Balaban J connectivity index is 2.02. The molecule has 0 saturated heterocycles. The summed E-state index contributed by atoms with van der Waals surface area (Å²) >= 11 is 7.07. The van der Waals surface area contributed by atoms with Crippen LogP contribution in [0.25, 0.3) is 22.9 Å². The Labute approximate surface area is 139 Å². The maximum Gasteiger partial charge on any atom is 0.249 e. The van der Waals surface area contributed by atoms with E-state index in [1.54, 1.807) is 0 Å². The largest absolute Gasteiger partial charge is 0.416 e. The molecule has 3 aromatic rings. The van der Waals surface area contributed by atoms with Gasteiger partial charge in [0.2, 0.25) is 11.8 Å². The molecule has 0 spiro atoms. The quantitative estimate of drug-likeness (QED) is 0.559. The summed E-state index contributed by atoms with van der Waals surface area (Å²) in [6.07, 6.45) is 0. The Bertz CT molecular complexity index is 795. The van der Waals surface area contributed by atoms with Gasteiger partial charge in [-0.3, -0.25) is 0 Å². The van der Waals surface area contributed by atoms with Gasteiger partial charge >= 0.3 is 0 Å². The van der Waals surface area contributed by atoms with Crippen molar-refractivity contribution in [3.05, 3.63) is 56.5 Å². The molecule has 1 heterocycles. The van der Waals surface area contributed by atoms with Gasteiger partial charge in [0.25, 0.3) is 0 Å². The van der Waals surface area contributed by atoms with Crippen molar-refractivity contribution in [3.63, 3.8) is 0 Å². The maximum atomic E-state index is 5.80. The third kappa shape index (κ3) is 2.94. The lowest BCUT2D eigenvalue weighted by molar-refractivity contribution is 0.584. The molecule has 0 aliphatic heterocycles. The van der Waals surface area contributed by atoms with E-state index in [9.17, 15) is 0 Å². The van der Waals surface area contributed by atoms with Gasteiger partial charge in [0, 0.05) is 14.5 Å². The van der Waals surface area contributed by atoms with Crippen molar-refractivity contribution < 1.29 is 4.42 Å². The molecule has 0 saturated carbocycles. The third-order valence-electron chi connectivity index (χ3n) is 3.20. The van der Waals surface area contributed by atoms with Gasteiger partial charge in [0.1, 0.15) is 0 Å². The van der Waals surface area contributed by atoms with Crippen LogP contribution in [0, 0.1) is 13.8 Å². The molecular weight excluding hydrogens is 396 g/mol. The number of benzene rings is 2. The Kier molecular flexibility index (Phi) is 3.95. The van der Waals surface area contributed by atoms with E-state index in [0.717, 1.165) is 25.6 Å². The van der Waals surface area contributed by atoms with Crippen LogP contribution < -0.4 is 0 Å². The highest BCUT2D eigenvalue weighted by Gasteiger charge is 2.14. The number of hydrogen-bond acceptors (Lipinski definition) is 3. The molecule has 5 heteroatoms. The highest BCUT2D eigenvalue weighted by molar-refractivity contribution is 9.11. The first-order chi connectivity index (χ1) is 10.0. The molecule has 106 valence electrons. The van der Waals surface area contributed by atoms with Gasteiger partial charge < -0.3 is 4.42 Å². The van der Waals surface area contributed by atoms with E-state index in [4.69, 9.17) is 4.42 Å². The molecule has 0 unspecified atom stereocenters. The number of aryl methyl sites for hydroxylation is 2. The molecule has 0 atom stereocenters. The summed E-state index contributed by atoms with van der Waals surface area (Å²) in [5.74, 6) is 1.02. The van der Waals surface area contributed by atoms with E-state index in [2.05, 4.69) is 42.1 Å². The predicted molar refractivity (Wildman–Crippen MR) is 90.0 cm³/mol. The van der Waals surface area contributed by atoms with Gasteiger partial charge in [-0.1, -0.05) is 33.6 Å². The summed E-state index contributed by atoms with van der Waals surface area (Å²) in [6.45, 7) is 4.08. The van der Waals surface area contributed by atoms with Crippen LogP contribution in [0.3, 0.4) is 0 Å². The van der Waals surface area contributed by atoms with Gasteiger partial charge in [-0.25, -0.2) is 0 Å². The second-order valence-corrected chi connectivity index (χ2v) is 6.57. The molecule has 2 aromatic carbocycles. The Hall–Kier alpha value is -1.46. The van der Waals surface area contributed by atoms with E-state index >= 15 is 0 Å². The normalized spacial score (nSPS) is 10.9. The zero-order valence-corrected chi connectivity index (χ0v) is 14.7. The number of aromatic nitrogens is 2. The number of nitrogens with zero attached hydrogens (tertiary/aromatic N) is 2. The minimum absolute atomic E-state index is 0.498. The van der Waals surface area contributed by atoms with Crippen molar-refractivity contribution in [3.8, 4) is 22.9 Å². The van der Waals surface area contributed by atoms with Gasteiger partial charge in [0.05, 0.1) is 5.56 Å².